The summed E-state index contributed by atoms with van der Waals surface area (Å²) in [5.74, 6) is 0. The molecule has 1 N–H and O–H groups in total. The zero-order valence-electron chi connectivity index (χ0n) is 7.96. The van der Waals surface area contributed by atoms with Gasteiger partial charge in [0.15, 0.2) is 0 Å². The Labute approximate surface area is 90.8 Å². The maximum atomic E-state index is 11.5. The molecule has 0 saturated heterocycles. The van der Waals surface area contributed by atoms with Crippen LogP contribution in [0.15, 0.2) is 33.9 Å². The molecule has 76 valence electrons. The second-order valence-electron chi connectivity index (χ2n) is 2.95. The topological polar surface area (TPSA) is 46.9 Å². The van der Waals surface area contributed by atoms with Gasteiger partial charge in [-0.2, -0.15) is 0 Å². The van der Waals surface area contributed by atoms with Crippen molar-refractivity contribution in [2.24, 2.45) is 0 Å². The first-order valence-electron chi connectivity index (χ1n) is 4.16. The lowest BCUT2D eigenvalue weighted by Gasteiger charge is -2.07. The minimum Gasteiger partial charge on any atom is -0.316 e. The Balaban J connectivity index is 2.82. The monoisotopic (exact) mass is 257 g/mol. The van der Waals surface area contributed by atoms with Crippen LogP contribution in [0.4, 0.5) is 0 Å². The summed E-state index contributed by atoms with van der Waals surface area (Å²) in [6.07, 6.45) is 2.99. The number of aromatic nitrogens is 2. The molecule has 0 aliphatic rings. The lowest BCUT2D eigenvalue weighted by atomic mass is 10.3. The summed E-state index contributed by atoms with van der Waals surface area (Å²) < 4.78 is 1.99. The van der Waals surface area contributed by atoms with Crippen LogP contribution in [-0.2, 0) is 6.54 Å². The van der Waals surface area contributed by atoms with Crippen molar-refractivity contribution in [3.05, 3.63) is 39.5 Å². The number of hydrogen-bond acceptors (Lipinski definition) is 3. The molecule has 0 aliphatic carbocycles. The summed E-state index contributed by atoms with van der Waals surface area (Å²) >= 11 is 3.13. The minimum atomic E-state index is -0.0859. The SMILES string of the molecule is C=C(CNC)Cn1cncc(Br)c1=O. The van der Waals surface area contributed by atoms with Crippen LogP contribution in [0.25, 0.3) is 0 Å². The molecule has 0 fully saturated rings. The van der Waals surface area contributed by atoms with Crippen molar-refractivity contribution in [3.8, 4) is 0 Å². The van der Waals surface area contributed by atoms with E-state index in [2.05, 4.69) is 32.8 Å². The van der Waals surface area contributed by atoms with Crippen molar-refractivity contribution in [2.75, 3.05) is 13.6 Å². The predicted octanol–water partition coefficient (Wildman–Crippen LogP) is 0.781. The molecule has 0 radical (unpaired) electrons. The van der Waals surface area contributed by atoms with Gasteiger partial charge in [0.2, 0.25) is 0 Å². The van der Waals surface area contributed by atoms with E-state index in [1.807, 2.05) is 7.05 Å². The van der Waals surface area contributed by atoms with Gasteiger partial charge >= 0.3 is 0 Å². The molecule has 0 aromatic carbocycles. The summed E-state index contributed by atoms with van der Waals surface area (Å²) in [5, 5.41) is 2.97. The van der Waals surface area contributed by atoms with Gasteiger partial charge in [0.05, 0.1) is 6.33 Å². The van der Waals surface area contributed by atoms with E-state index in [-0.39, 0.29) is 5.56 Å². The highest BCUT2D eigenvalue weighted by atomic mass is 79.9. The second-order valence-corrected chi connectivity index (χ2v) is 3.81. The first-order valence-corrected chi connectivity index (χ1v) is 4.95. The molecule has 0 aliphatic heterocycles. The third-order valence-corrected chi connectivity index (χ3v) is 2.22. The molecule has 0 spiro atoms. The Kier molecular flexibility index (Phi) is 4.03. The molecule has 0 atom stereocenters. The zero-order valence-corrected chi connectivity index (χ0v) is 9.54. The van der Waals surface area contributed by atoms with Crippen molar-refractivity contribution < 1.29 is 0 Å². The second kappa shape index (κ2) is 5.07. The lowest BCUT2D eigenvalue weighted by Crippen LogP contribution is -2.24. The van der Waals surface area contributed by atoms with Crippen molar-refractivity contribution >= 4 is 15.9 Å². The summed E-state index contributed by atoms with van der Waals surface area (Å²) in [7, 11) is 1.84. The molecule has 1 rings (SSSR count). The summed E-state index contributed by atoms with van der Waals surface area (Å²) in [6.45, 7) is 5.03. The highest BCUT2D eigenvalue weighted by molar-refractivity contribution is 9.10. The van der Waals surface area contributed by atoms with Crippen LogP contribution in [0, 0.1) is 0 Å². The van der Waals surface area contributed by atoms with Crippen LogP contribution < -0.4 is 10.9 Å². The Hall–Kier alpha value is -0.940. The molecule has 0 saturated carbocycles. The number of rotatable bonds is 4. The van der Waals surface area contributed by atoms with Gasteiger partial charge in [-0.05, 0) is 28.6 Å². The van der Waals surface area contributed by atoms with E-state index in [0.717, 1.165) is 5.57 Å². The molecular weight excluding hydrogens is 246 g/mol. The largest absolute Gasteiger partial charge is 0.316 e. The summed E-state index contributed by atoms with van der Waals surface area (Å²) in [4.78, 5) is 15.4. The fourth-order valence-corrected chi connectivity index (χ4v) is 1.43. The fourth-order valence-electron chi connectivity index (χ4n) is 1.08. The Bertz CT molecular complexity index is 386. The molecule has 0 amide bonds. The van der Waals surface area contributed by atoms with Crippen LogP contribution in [0.1, 0.15) is 0 Å². The van der Waals surface area contributed by atoms with Gasteiger partial charge in [0.25, 0.3) is 5.56 Å². The highest BCUT2D eigenvalue weighted by Gasteiger charge is 2.01. The van der Waals surface area contributed by atoms with E-state index in [9.17, 15) is 4.79 Å². The minimum absolute atomic E-state index is 0.0859. The molecule has 5 heteroatoms. The van der Waals surface area contributed by atoms with Gasteiger partial charge in [0, 0.05) is 19.3 Å². The predicted molar refractivity (Wildman–Crippen MR) is 59.3 cm³/mol. The van der Waals surface area contributed by atoms with E-state index >= 15 is 0 Å². The van der Waals surface area contributed by atoms with Crippen LogP contribution in [0.5, 0.6) is 0 Å². The molecule has 14 heavy (non-hydrogen) atoms. The highest BCUT2D eigenvalue weighted by Crippen LogP contribution is 1.99. The van der Waals surface area contributed by atoms with Gasteiger partial charge in [0.1, 0.15) is 4.47 Å². The van der Waals surface area contributed by atoms with E-state index in [0.29, 0.717) is 17.6 Å². The maximum Gasteiger partial charge on any atom is 0.267 e. The average Bonchev–Trinajstić information content (AvgIpc) is 2.13. The van der Waals surface area contributed by atoms with E-state index in [4.69, 9.17) is 0 Å². The lowest BCUT2D eigenvalue weighted by molar-refractivity contribution is 0.692. The van der Waals surface area contributed by atoms with Gasteiger partial charge in [-0.3, -0.25) is 9.36 Å². The van der Waals surface area contributed by atoms with Crippen molar-refractivity contribution in [1.82, 2.24) is 14.9 Å². The Morgan fingerprint density at radius 1 is 1.79 bits per heavy atom. The van der Waals surface area contributed by atoms with Crippen LogP contribution in [0.2, 0.25) is 0 Å². The normalized spacial score (nSPS) is 10.1. The first-order chi connectivity index (χ1) is 6.65. The van der Waals surface area contributed by atoms with Gasteiger partial charge < -0.3 is 5.32 Å². The first kappa shape index (κ1) is 11.1. The smallest absolute Gasteiger partial charge is 0.267 e. The number of nitrogens with zero attached hydrogens (tertiary/aromatic N) is 2. The van der Waals surface area contributed by atoms with Crippen molar-refractivity contribution in [2.45, 2.75) is 6.54 Å². The van der Waals surface area contributed by atoms with Gasteiger partial charge in [-0.15, -0.1) is 0 Å². The van der Waals surface area contributed by atoms with Crippen LogP contribution >= 0.6 is 15.9 Å². The van der Waals surface area contributed by atoms with Gasteiger partial charge in [-0.25, -0.2) is 4.98 Å². The number of nitrogens with one attached hydrogen (secondary N) is 1. The molecule has 1 aromatic heterocycles. The molecule has 1 aromatic rings. The molecular formula is C9H12BrN3O. The van der Waals surface area contributed by atoms with Crippen LogP contribution in [0.3, 0.4) is 0 Å². The Morgan fingerprint density at radius 2 is 2.50 bits per heavy atom. The zero-order chi connectivity index (χ0) is 10.6. The quantitative estimate of drug-likeness (QED) is 0.812. The van der Waals surface area contributed by atoms with E-state index < -0.39 is 0 Å². The van der Waals surface area contributed by atoms with Crippen molar-refractivity contribution in [3.63, 3.8) is 0 Å². The number of hydrogen-bond donors (Lipinski definition) is 1. The third kappa shape index (κ3) is 2.78. The van der Waals surface area contributed by atoms with Crippen molar-refractivity contribution in [1.29, 1.82) is 0 Å². The fraction of sp³-hybridized carbons (Fsp3) is 0.333. The number of likely N-dealkylation sites (N-methyl/N-ethyl adjacent to an activating group) is 1. The standard InChI is InChI=1S/C9H12BrN3O/c1-7(3-11-2)5-13-6-12-4-8(10)9(13)14/h4,6,11H,1,3,5H2,2H3. The summed E-state index contributed by atoms with van der Waals surface area (Å²) in [5.41, 5.74) is 0.853. The van der Waals surface area contributed by atoms with Gasteiger partial charge in [-0.1, -0.05) is 6.58 Å². The average molecular weight is 258 g/mol. The van der Waals surface area contributed by atoms with Crippen LogP contribution in [-0.4, -0.2) is 23.1 Å². The van der Waals surface area contributed by atoms with E-state index in [1.54, 1.807) is 0 Å². The van der Waals surface area contributed by atoms with E-state index in [1.165, 1.54) is 17.1 Å². The molecule has 1 heterocycles. The molecule has 4 nitrogen and oxygen atoms in total. The summed E-state index contributed by atoms with van der Waals surface area (Å²) in [6, 6.07) is 0. The molecule has 0 unspecified atom stereocenters. The number of halogens is 1. The molecule has 0 bridgehead atoms. The maximum absolute atomic E-state index is 11.5. The third-order valence-electron chi connectivity index (χ3n) is 1.68. The Morgan fingerprint density at radius 3 is 3.14 bits per heavy atom.